The van der Waals surface area contributed by atoms with Gasteiger partial charge in [-0.15, -0.1) is 30.6 Å². The van der Waals surface area contributed by atoms with Crippen LogP contribution in [0.15, 0.2) is 17.6 Å². The molecule has 0 radical (unpaired) electrons. The van der Waals surface area contributed by atoms with Crippen molar-refractivity contribution in [2.75, 3.05) is 40.3 Å². The van der Waals surface area contributed by atoms with Crippen LogP contribution in [-0.2, 0) is 14.3 Å². The van der Waals surface area contributed by atoms with Crippen molar-refractivity contribution in [1.82, 2.24) is 15.5 Å². The molecule has 1 heterocycles. The quantitative estimate of drug-likeness (QED) is 0.269. The fraction of sp³-hybridized carbons (Fsp3) is 0.765. The maximum absolute atomic E-state index is 11.7. The predicted octanol–water partition coefficient (Wildman–Crippen LogP) is 1.49. The van der Waals surface area contributed by atoms with E-state index in [0.717, 1.165) is 12.8 Å². The Morgan fingerprint density at radius 2 is 2.04 bits per heavy atom. The Labute approximate surface area is 167 Å². The number of guanidine groups is 1. The highest BCUT2D eigenvalue weighted by Gasteiger charge is 2.42. The number of aliphatic imine (C=N–C) groups is 1. The van der Waals surface area contributed by atoms with E-state index in [9.17, 15) is 4.79 Å². The minimum Gasteiger partial charge on any atom is -0.354 e. The minimum absolute atomic E-state index is 0. The van der Waals surface area contributed by atoms with Crippen LogP contribution in [0.3, 0.4) is 0 Å². The van der Waals surface area contributed by atoms with Crippen LogP contribution in [0, 0.1) is 0 Å². The molecule has 1 saturated heterocycles. The topological polar surface area (TPSA) is 75.2 Å². The normalized spacial score (nSPS) is 22.2. The van der Waals surface area contributed by atoms with E-state index in [4.69, 9.17) is 9.47 Å². The van der Waals surface area contributed by atoms with Crippen molar-refractivity contribution in [3.8, 4) is 0 Å². The number of hydrogen-bond acceptors (Lipinski definition) is 4. The molecule has 0 aromatic rings. The number of likely N-dealkylation sites (N-methyl/N-ethyl adjacent to an activating group) is 1. The first-order valence-corrected chi connectivity index (χ1v) is 8.70. The molecule has 0 aromatic heterocycles. The molecule has 1 atom stereocenters. The number of halogens is 1. The van der Waals surface area contributed by atoms with Crippen LogP contribution in [0.1, 0.15) is 32.1 Å². The molecule has 2 fully saturated rings. The van der Waals surface area contributed by atoms with Crippen LogP contribution in [-0.4, -0.2) is 69.0 Å². The Morgan fingerprint density at radius 3 is 2.68 bits per heavy atom. The summed E-state index contributed by atoms with van der Waals surface area (Å²) in [6.07, 6.45) is 7.31. The van der Waals surface area contributed by atoms with Gasteiger partial charge in [0.25, 0.3) is 0 Å². The lowest BCUT2D eigenvalue weighted by Crippen LogP contribution is -2.43. The monoisotopic (exact) mass is 466 g/mol. The summed E-state index contributed by atoms with van der Waals surface area (Å²) in [5.41, 5.74) is 0. The molecule has 1 amide bonds. The zero-order valence-electron chi connectivity index (χ0n) is 15.3. The second-order valence-electron chi connectivity index (χ2n) is 6.53. The number of carbonyl (C=O) groups excluding carboxylic acids is 1. The predicted molar refractivity (Wildman–Crippen MR) is 109 cm³/mol. The van der Waals surface area contributed by atoms with Crippen molar-refractivity contribution in [3.63, 3.8) is 0 Å². The number of carbonyl (C=O) groups is 1. The van der Waals surface area contributed by atoms with Gasteiger partial charge in [-0.3, -0.25) is 4.79 Å². The summed E-state index contributed by atoms with van der Waals surface area (Å²) in [5.74, 6) is 0.173. The largest absolute Gasteiger partial charge is 0.354 e. The lowest BCUT2D eigenvalue weighted by atomic mass is 9.94. The highest BCUT2D eigenvalue weighted by atomic mass is 127. The molecule has 0 aromatic carbocycles. The van der Waals surface area contributed by atoms with Crippen LogP contribution in [0.4, 0.5) is 0 Å². The van der Waals surface area contributed by atoms with Gasteiger partial charge in [0, 0.05) is 40.0 Å². The van der Waals surface area contributed by atoms with Crippen molar-refractivity contribution in [2.24, 2.45) is 4.99 Å². The summed E-state index contributed by atoms with van der Waals surface area (Å²) in [5, 5.41) is 6.34. The van der Waals surface area contributed by atoms with Gasteiger partial charge < -0.3 is 25.0 Å². The lowest BCUT2D eigenvalue weighted by Gasteiger charge is -2.31. The fourth-order valence-electron chi connectivity index (χ4n) is 2.91. The molecule has 2 N–H and O–H groups in total. The van der Waals surface area contributed by atoms with E-state index < -0.39 is 0 Å². The van der Waals surface area contributed by atoms with Gasteiger partial charge >= 0.3 is 0 Å². The van der Waals surface area contributed by atoms with Gasteiger partial charge in [0.1, 0.15) is 12.6 Å². The van der Waals surface area contributed by atoms with E-state index in [-0.39, 0.29) is 48.3 Å². The summed E-state index contributed by atoms with van der Waals surface area (Å²) in [4.78, 5) is 17.5. The average molecular weight is 466 g/mol. The zero-order chi connectivity index (χ0) is 17.4. The Hall–Kier alpha value is -0.870. The van der Waals surface area contributed by atoms with E-state index >= 15 is 0 Å². The summed E-state index contributed by atoms with van der Waals surface area (Å²) in [7, 11) is 3.44. The van der Waals surface area contributed by atoms with Gasteiger partial charge in [0.05, 0.1) is 6.61 Å². The minimum atomic E-state index is -0.364. The second kappa shape index (κ2) is 11.0. The number of nitrogens with one attached hydrogen (secondary N) is 2. The van der Waals surface area contributed by atoms with Gasteiger partial charge in [-0.25, -0.2) is 4.99 Å². The second-order valence-corrected chi connectivity index (χ2v) is 6.53. The van der Waals surface area contributed by atoms with Gasteiger partial charge in [-0.1, -0.05) is 12.5 Å². The van der Waals surface area contributed by atoms with Crippen LogP contribution < -0.4 is 10.6 Å². The molecular formula is C17H31IN4O3. The van der Waals surface area contributed by atoms with Gasteiger partial charge in [-0.2, -0.15) is 0 Å². The Morgan fingerprint density at radius 1 is 1.32 bits per heavy atom. The van der Waals surface area contributed by atoms with Crippen LogP contribution in [0.25, 0.3) is 0 Å². The first-order chi connectivity index (χ1) is 11.5. The van der Waals surface area contributed by atoms with E-state index in [1.54, 1.807) is 20.2 Å². The summed E-state index contributed by atoms with van der Waals surface area (Å²) in [6.45, 7) is 5.56. The number of hydrogen-bond donors (Lipinski definition) is 2. The van der Waals surface area contributed by atoms with Gasteiger partial charge in [0.15, 0.2) is 11.7 Å². The molecule has 7 nitrogen and oxygen atoms in total. The molecule has 1 saturated carbocycles. The van der Waals surface area contributed by atoms with E-state index in [0.29, 0.717) is 25.7 Å². The molecule has 8 heteroatoms. The summed E-state index contributed by atoms with van der Waals surface area (Å²) in [6, 6.07) is 0. The van der Waals surface area contributed by atoms with Crippen LogP contribution >= 0.6 is 24.0 Å². The lowest BCUT2D eigenvalue weighted by molar-refractivity contribution is -0.186. The fourth-order valence-corrected chi connectivity index (χ4v) is 2.91. The highest BCUT2D eigenvalue weighted by molar-refractivity contribution is 14.0. The third-order valence-electron chi connectivity index (χ3n) is 4.31. The highest BCUT2D eigenvalue weighted by Crippen LogP contribution is 2.37. The number of rotatable bonds is 6. The standard InChI is InChI=1S/C17H30N4O3.HI/c1-4-10-18-16(20-12-15(22)21(2)3)19-11-14-13-23-17(24-14)8-6-5-7-9-17;/h4,14H,1,5-13H2,2-3H3,(H2,18,19,20);1H. The molecule has 0 bridgehead atoms. The van der Waals surface area contributed by atoms with Gasteiger partial charge in [0.2, 0.25) is 5.91 Å². The number of amides is 1. The van der Waals surface area contributed by atoms with Crippen molar-refractivity contribution in [3.05, 3.63) is 12.7 Å². The molecule has 25 heavy (non-hydrogen) atoms. The first-order valence-electron chi connectivity index (χ1n) is 8.70. The van der Waals surface area contributed by atoms with Crippen LogP contribution in [0.2, 0.25) is 0 Å². The maximum atomic E-state index is 11.7. The third kappa shape index (κ3) is 7.10. The van der Waals surface area contributed by atoms with E-state index in [1.165, 1.54) is 24.2 Å². The molecule has 2 aliphatic rings. The zero-order valence-corrected chi connectivity index (χ0v) is 17.6. The first kappa shape index (κ1) is 22.2. The molecule has 1 aliphatic heterocycles. The van der Waals surface area contributed by atoms with Crippen molar-refractivity contribution < 1.29 is 14.3 Å². The molecule has 1 aliphatic carbocycles. The molecule has 1 spiro atoms. The Kier molecular flexibility index (Phi) is 9.73. The van der Waals surface area contributed by atoms with Crippen molar-refractivity contribution >= 4 is 35.8 Å². The molecule has 1 unspecified atom stereocenters. The smallest absolute Gasteiger partial charge is 0.243 e. The molecule has 144 valence electrons. The third-order valence-corrected chi connectivity index (χ3v) is 4.31. The average Bonchev–Trinajstić information content (AvgIpc) is 2.96. The summed E-state index contributed by atoms with van der Waals surface area (Å²) < 4.78 is 12.1. The number of nitrogens with zero attached hydrogens (tertiary/aromatic N) is 2. The van der Waals surface area contributed by atoms with Crippen LogP contribution in [0.5, 0.6) is 0 Å². The van der Waals surface area contributed by atoms with Gasteiger partial charge in [-0.05, 0) is 12.8 Å². The number of ether oxygens (including phenoxy) is 2. The SMILES string of the molecule is C=CCNC(=NCC(=O)N(C)C)NCC1COC2(CCCCC2)O1.I. The van der Waals surface area contributed by atoms with Crippen molar-refractivity contribution in [2.45, 2.75) is 44.0 Å². The van der Waals surface area contributed by atoms with E-state index in [1.807, 2.05) is 0 Å². The summed E-state index contributed by atoms with van der Waals surface area (Å²) >= 11 is 0. The molecular weight excluding hydrogens is 435 g/mol. The Bertz CT molecular complexity index is 465. The van der Waals surface area contributed by atoms with E-state index in [2.05, 4.69) is 22.2 Å². The van der Waals surface area contributed by atoms with Crippen molar-refractivity contribution in [1.29, 1.82) is 0 Å². The Balaban J connectivity index is 0.00000312. The maximum Gasteiger partial charge on any atom is 0.243 e. The molecule has 2 rings (SSSR count).